The number of hydrogen-bond acceptors (Lipinski definition) is 4. The summed E-state index contributed by atoms with van der Waals surface area (Å²) in [4.78, 5) is 11.1. The molecule has 23 heavy (non-hydrogen) atoms. The summed E-state index contributed by atoms with van der Waals surface area (Å²) in [5.41, 5.74) is 0.102. The van der Waals surface area contributed by atoms with Crippen molar-refractivity contribution in [1.29, 1.82) is 0 Å². The Kier molecular flexibility index (Phi) is 4.92. The molecule has 1 aliphatic rings. The lowest BCUT2D eigenvalue weighted by molar-refractivity contribution is 0.00578. The van der Waals surface area contributed by atoms with Gasteiger partial charge < -0.3 is 19.5 Å². The number of rotatable bonds is 4. The summed E-state index contributed by atoms with van der Waals surface area (Å²) in [5, 5.41) is 19.1. The van der Waals surface area contributed by atoms with Crippen molar-refractivity contribution in [2.24, 2.45) is 0 Å². The molecule has 1 fully saturated rings. The van der Waals surface area contributed by atoms with Gasteiger partial charge in [0.2, 0.25) is 0 Å². The van der Waals surface area contributed by atoms with Crippen molar-refractivity contribution in [3.05, 3.63) is 39.8 Å². The lowest BCUT2D eigenvalue weighted by Gasteiger charge is -2.32. The standard InChI is InChI=1S/C16H20BClO5/c1-15(2)16(3,4)23-17(22-15)12(9-19)6-10-5-11(14(20)21)8-13(18)7-10/h5-8,19H,9H2,1-4H3,(H,20,21). The fourth-order valence-electron chi connectivity index (χ4n) is 2.22. The van der Waals surface area contributed by atoms with E-state index in [0.717, 1.165) is 0 Å². The Labute approximate surface area is 141 Å². The number of halogens is 1. The highest BCUT2D eigenvalue weighted by atomic mass is 35.5. The van der Waals surface area contributed by atoms with Crippen molar-refractivity contribution in [2.45, 2.75) is 38.9 Å². The second-order valence-corrected chi connectivity index (χ2v) is 6.98. The summed E-state index contributed by atoms with van der Waals surface area (Å²) in [6.07, 6.45) is 1.64. The van der Waals surface area contributed by atoms with Gasteiger partial charge in [0.15, 0.2) is 0 Å². The van der Waals surface area contributed by atoms with Crippen LogP contribution in [-0.4, -0.2) is 41.1 Å². The van der Waals surface area contributed by atoms with E-state index in [2.05, 4.69) is 0 Å². The van der Waals surface area contributed by atoms with Gasteiger partial charge in [-0.1, -0.05) is 17.7 Å². The number of benzene rings is 1. The van der Waals surface area contributed by atoms with Crippen LogP contribution in [0.15, 0.2) is 23.7 Å². The summed E-state index contributed by atoms with van der Waals surface area (Å²) in [6, 6.07) is 4.47. The highest BCUT2D eigenvalue weighted by Crippen LogP contribution is 2.38. The highest BCUT2D eigenvalue weighted by molar-refractivity contribution is 6.55. The maximum absolute atomic E-state index is 11.1. The Hall–Kier alpha value is -1.34. The molecule has 0 aromatic heterocycles. The van der Waals surface area contributed by atoms with Crippen LogP contribution in [0.3, 0.4) is 0 Å². The molecule has 124 valence electrons. The molecule has 0 radical (unpaired) electrons. The maximum Gasteiger partial charge on any atom is 0.492 e. The fourth-order valence-corrected chi connectivity index (χ4v) is 2.46. The number of aromatic carboxylic acids is 1. The van der Waals surface area contributed by atoms with Crippen LogP contribution in [0.1, 0.15) is 43.6 Å². The third-order valence-corrected chi connectivity index (χ3v) is 4.48. The highest BCUT2D eigenvalue weighted by Gasteiger charge is 2.52. The molecule has 7 heteroatoms. The lowest BCUT2D eigenvalue weighted by Crippen LogP contribution is -2.41. The van der Waals surface area contributed by atoms with Gasteiger partial charge in [0.05, 0.1) is 23.4 Å². The van der Waals surface area contributed by atoms with Crippen LogP contribution in [0, 0.1) is 0 Å². The molecular weight excluding hydrogens is 318 g/mol. The van der Waals surface area contributed by atoms with Gasteiger partial charge in [-0.15, -0.1) is 0 Å². The van der Waals surface area contributed by atoms with Gasteiger partial charge in [0, 0.05) is 5.02 Å². The van der Waals surface area contributed by atoms with Crippen LogP contribution in [-0.2, 0) is 9.31 Å². The monoisotopic (exact) mass is 338 g/mol. The third kappa shape index (κ3) is 3.78. The van der Waals surface area contributed by atoms with E-state index in [1.807, 2.05) is 27.7 Å². The van der Waals surface area contributed by atoms with Crippen molar-refractivity contribution < 1.29 is 24.3 Å². The number of aliphatic hydroxyl groups excluding tert-OH is 1. The molecule has 1 heterocycles. The van der Waals surface area contributed by atoms with Crippen molar-refractivity contribution >= 4 is 30.8 Å². The summed E-state index contributed by atoms with van der Waals surface area (Å²) in [7, 11) is -0.697. The zero-order chi connectivity index (χ0) is 17.4. The van der Waals surface area contributed by atoms with Crippen LogP contribution in [0.2, 0.25) is 5.02 Å². The molecule has 1 aliphatic heterocycles. The predicted molar refractivity (Wildman–Crippen MR) is 89.6 cm³/mol. The van der Waals surface area contributed by atoms with E-state index in [1.165, 1.54) is 12.1 Å². The Morgan fingerprint density at radius 3 is 2.26 bits per heavy atom. The number of hydrogen-bond donors (Lipinski definition) is 2. The molecule has 0 aliphatic carbocycles. The van der Waals surface area contributed by atoms with Gasteiger partial charge >= 0.3 is 13.1 Å². The summed E-state index contributed by atoms with van der Waals surface area (Å²) in [5.74, 6) is -1.07. The van der Waals surface area contributed by atoms with Gasteiger partial charge in [-0.2, -0.15) is 0 Å². The molecule has 5 nitrogen and oxygen atoms in total. The molecular formula is C16H20BClO5. The van der Waals surface area contributed by atoms with E-state index in [1.54, 1.807) is 12.1 Å². The van der Waals surface area contributed by atoms with Crippen molar-refractivity contribution in [2.75, 3.05) is 6.61 Å². The molecule has 0 bridgehead atoms. The first-order chi connectivity index (χ1) is 10.6. The first kappa shape index (κ1) is 18.0. The minimum atomic E-state index is -1.07. The fraction of sp³-hybridized carbons (Fsp3) is 0.438. The van der Waals surface area contributed by atoms with Crippen molar-refractivity contribution in [1.82, 2.24) is 0 Å². The zero-order valence-corrected chi connectivity index (χ0v) is 14.3. The van der Waals surface area contributed by atoms with Crippen LogP contribution in [0.25, 0.3) is 6.08 Å². The lowest BCUT2D eigenvalue weighted by atomic mass is 9.77. The van der Waals surface area contributed by atoms with E-state index in [-0.39, 0.29) is 12.2 Å². The van der Waals surface area contributed by atoms with Gasteiger partial charge in [0.25, 0.3) is 0 Å². The van der Waals surface area contributed by atoms with Crippen LogP contribution in [0.5, 0.6) is 0 Å². The van der Waals surface area contributed by atoms with E-state index in [4.69, 9.17) is 26.0 Å². The number of carboxylic acids is 1. The van der Waals surface area contributed by atoms with Crippen LogP contribution < -0.4 is 0 Å². The Balaban J connectivity index is 2.35. The summed E-state index contributed by atoms with van der Waals surface area (Å²) in [6.45, 7) is 7.41. The SMILES string of the molecule is CC1(C)OB(C(=Cc2cc(Cl)cc(C(=O)O)c2)CO)OC1(C)C. The largest absolute Gasteiger partial charge is 0.492 e. The third-order valence-electron chi connectivity index (χ3n) is 4.26. The molecule has 1 aromatic carbocycles. The second-order valence-electron chi connectivity index (χ2n) is 6.54. The number of carboxylic acid groups (broad SMARTS) is 1. The Bertz CT molecular complexity index is 638. The van der Waals surface area contributed by atoms with E-state index >= 15 is 0 Å². The average Bonchev–Trinajstić information content (AvgIpc) is 2.64. The molecule has 2 rings (SSSR count). The van der Waals surface area contributed by atoms with Crippen LogP contribution >= 0.6 is 11.6 Å². The average molecular weight is 339 g/mol. The van der Waals surface area contributed by atoms with Crippen molar-refractivity contribution in [3.8, 4) is 0 Å². The maximum atomic E-state index is 11.1. The molecule has 0 spiro atoms. The first-order valence-corrected chi connectivity index (χ1v) is 7.64. The van der Waals surface area contributed by atoms with Gasteiger partial charge in [-0.3, -0.25) is 0 Å². The zero-order valence-electron chi connectivity index (χ0n) is 13.6. The number of carbonyl (C=O) groups is 1. The van der Waals surface area contributed by atoms with E-state index in [9.17, 15) is 9.90 Å². The normalized spacial score (nSPS) is 19.9. The molecule has 1 aromatic rings. The minimum absolute atomic E-state index is 0.0787. The minimum Gasteiger partial charge on any atom is -0.478 e. The van der Waals surface area contributed by atoms with Crippen molar-refractivity contribution in [3.63, 3.8) is 0 Å². The molecule has 0 amide bonds. The second kappa shape index (κ2) is 6.28. The summed E-state index contributed by atoms with van der Waals surface area (Å²) >= 11 is 5.95. The smallest absolute Gasteiger partial charge is 0.478 e. The molecule has 0 saturated carbocycles. The molecule has 0 unspecified atom stereocenters. The Morgan fingerprint density at radius 1 is 1.22 bits per heavy atom. The quantitative estimate of drug-likeness (QED) is 0.825. The first-order valence-electron chi connectivity index (χ1n) is 7.26. The van der Waals surface area contributed by atoms with Gasteiger partial charge in [0.1, 0.15) is 0 Å². The van der Waals surface area contributed by atoms with Gasteiger partial charge in [-0.25, -0.2) is 4.79 Å². The predicted octanol–water partition coefficient (Wildman–Crippen LogP) is 3.05. The topological polar surface area (TPSA) is 76.0 Å². The molecule has 2 N–H and O–H groups in total. The molecule has 0 atom stereocenters. The van der Waals surface area contributed by atoms with E-state index < -0.39 is 24.3 Å². The summed E-state index contributed by atoms with van der Waals surface area (Å²) < 4.78 is 11.8. The van der Waals surface area contributed by atoms with Crippen LogP contribution in [0.4, 0.5) is 0 Å². The Morgan fingerprint density at radius 2 is 1.78 bits per heavy atom. The van der Waals surface area contributed by atoms with E-state index in [0.29, 0.717) is 16.1 Å². The number of aliphatic hydroxyl groups is 1. The van der Waals surface area contributed by atoms with Gasteiger partial charge in [-0.05, 0) is 56.9 Å². The molecule has 1 saturated heterocycles.